The molecule has 1 N–H and O–H groups in total. The lowest BCUT2D eigenvalue weighted by molar-refractivity contribution is 0.0949. The molecule has 1 fully saturated rings. The van der Waals surface area contributed by atoms with E-state index in [-0.39, 0.29) is 23.1 Å². The van der Waals surface area contributed by atoms with Gasteiger partial charge in [-0.3, -0.25) is 14.0 Å². The van der Waals surface area contributed by atoms with E-state index in [4.69, 9.17) is 4.74 Å². The molecule has 0 aliphatic heterocycles. The number of carbonyl (C=O) groups excluding carboxylic acids is 1. The van der Waals surface area contributed by atoms with Gasteiger partial charge < -0.3 is 10.1 Å². The normalized spacial score (nSPS) is 13.9. The van der Waals surface area contributed by atoms with Gasteiger partial charge in [0.15, 0.2) is 4.96 Å². The smallest absolute Gasteiger partial charge is 0.271 e. The second-order valence-electron chi connectivity index (χ2n) is 5.70. The monoisotopic (exact) mass is 341 g/mol. The van der Waals surface area contributed by atoms with Crippen LogP contribution >= 0.6 is 11.3 Å². The SMILES string of the molecule is COc1cccc(-c2csc3ncc(C(=O)NC4CC4)c(=O)n23)c1. The Hall–Kier alpha value is -2.67. The maximum atomic E-state index is 12.8. The van der Waals surface area contributed by atoms with Gasteiger partial charge in [0.2, 0.25) is 0 Å². The van der Waals surface area contributed by atoms with Gasteiger partial charge in [-0.2, -0.15) is 0 Å². The fourth-order valence-corrected chi connectivity index (χ4v) is 3.38. The molecule has 7 heteroatoms. The fourth-order valence-electron chi connectivity index (χ4n) is 2.52. The highest BCUT2D eigenvalue weighted by atomic mass is 32.1. The first-order valence-corrected chi connectivity index (χ1v) is 8.50. The molecule has 0 atom stereocenters. The van der Waals surface area contributed by atoms with Crippen molar-refractivity contribution >= 4 is 22.2 Å². The lowest BCUT2D eigenvalue weighted by atomic mass is 10.1. The van der Waals surface area contributed by atoms with Crippen molar-refractivity contribution in [3.05, 3.63) is 51.8 Å². The summed E-state index contributed by atoms with van der Waals surface area (Å²) < 4.78 is 6.73. The zero-order valence-corrected chi connectivity index (χ0v) is 13.8. The van der Waals surface area contributed by atoms with Crippen molar-refractivity contribution in [1.29, 1.82) is 0 Å². The van der Waals surface area contributed by atoms with Crippen LogP contribution in [-0.4, -0.2) is 28.4 Å². The molecule has 3 aromatic rings. The number of fused-ring (bicyclic) bond motifs is 1. The first-order valence-electron chi connectivity index (χ1n) is 7.62. The Morgan fingerprint density at radius 1 is 1.42 bits per heavy atom. The summed E-state index contributed by atoms with van der Waals surface area (Å²) in [7, 11) is 1.60. The van der Waals surface area contributed by atoms with Crippen LogP contribution < -0.4 is 15.6 Å². The van der Waals surface area contributed by atoms with Crippen molar-refractivity contribution in [2.24, 2.45) is 0 Å². The molecule has 1 aliphatic rings. The topological polar surface area (TPSA) is 72.7 Å². The van der Waals surface area contributed by atoms with E-state index >= 15 is 0 Å². The summed E-state index contributed by atoms with van der Waals surface area (Å²) in [6.07, 6.45) is 3.30. The number of carbonyl (C=O) groups is 1. The summed E-state index contributed by atoms with van der Waals surface area (Å²) in [6, 6.07) is 7.64. The summed E-state index contributed by atoms with van der Waals surface area (Å²) in [6.45, 7) is 0. The van der Waals surface area contributed by atoms with Crippen LogP contribution in [0.1, 0.15) is 23.2 Å². The molecule has 1 amide bonds. The maximum absolute atomic E-state index is 12.8. The summed E-state index contributed by atoms with van der Waals surface area (Å²) in [5.41, 5.74) is 1.26. The highest BCUT2D eigenvalue weighted by Gasteiger charge is 2.26. The number of nitrogens with one attached hydrogen (secondary N) is 1. The molecule has 2 aromatic heterocycles. The average molecular weight is 341 g/mol. The van der Waals surface area contributed by atoms with Gasteiger partial charge in [-0.1, -0.05) is 12.1 Å². The number of hydrogen-bond acceptors (Lipinski definition) is 5. The van der Waals surface area contributed by atoms with Crippen molar-refractivity contribution in [2.75, 3.05) is 7.11 Å². The van der Waals surface area contributed by atoms with Crippen molar-refractivity contribution in [2.45, 2.75) is 18.9 Å². The van der Waals surface area contributed by atoms with Crippen molar-refractivity contribution in [3.63, 3.8) is 0 Å². The lowest BCUT2D eigenvalue weighted by Gasteiger charge is -2.06. The summed E-state index contributed by atoms with van der Waals surface area (Å²) in [5, 5.41) is 4.70. The molecule has 1 aliphatic carbocycles. The summed E-state index contributed by atoms with van der Waals surface area (Å²) in [5.74, 6) is 0.350. The van der Waals surface area contributed by atoms with E-state index in [9.17, 15) is 9.59 Å². The molecular weight excluding hydrogens is 326 g/mol. The summed E-state index contributed by atoms with van der Waals surface area (Å²) in [4.78, 5) is 29.9. The number of amides is 1. The number of nitrogens with zero attached hydrogens (tertiary/aromatic N) is 2. The van der Waals surface area contributed by atoms with Gasteiger partial charge in [0, 0.05) is 23.2 Å². The van der Waals surface area contributed by atoms with E-state index < -0.39 is 0 Å². The molecular formula is C17H15N3O3S. The van der Waals surface area contributed by atoms with Gasteiger partial charge in [0.05, 0.1) is 12.8 Å². The molecule has 0 spiro atoms. The van der Waals surface area contributed by atoms with Gasteiger partial charge in [0.25, 0.3) is 11.5 Å². The minimum absolute atomic E-state index is 0.0712. The van der Waals surface area contributed by atoms with E-state index in [2.05, 4.69) is 10.3 Å². The van der Waals surface area contributed by atoms with Crippen LogP contribution in [0.2, 0.25) is 0 Å². The lowest BCUT2D eigenvalue weighted by Crippen LogP contribution is -2.32. The van der Waals surface area contributed by atoms with Crippen LogP contribution in [0.25, 0.3) is 16.2 Å². The van der Waals surface area contributed by atoms with Crippen LogP contribution in [0.3, 0.4) is 0 Å². The Balaban J connectivity index is 1.84. The second-order valence-corrected chi connectivity index (χ2v) is 6.53. The first kappa shape index (κ1) is 14.9. The number of benzene rings is 1. The number of aromatic nitrogens is 2. The Kier molecular flexibility index (Phi) is 3.57. The third-order valence-corrected chi connectivity index (χ3v) is 4.81. The number of thiazole rings is 1. The number of ether oxygens (including phenoxy) is 1. The molecule has 0 bridgehead atoms. The standard InChI is InChI=1S/C17H15N3O3S/c1-23-12-4-2-3-10(7-12)14-9-24-17-18-8-13(16(22)20(14)17)15(21)19-11-5-6-11/h2-4,7-9,11H,5-6H2,1H3,(H,19,21). The fraction of sp³-hybridized carbons (Fsp3) is 0.235. The third-order valence-electron chi connectivity index (χ3n) is 3.97. The second kappa shape index (κ2) is 5.76. The maximum Gasteiger partial charge on any atom is 0.271 e. The highest BCUT2D eigenvalue weighted by molar-refractivity contribution is 7.15. The number of rotatable bonds is 4. The Labute approximate surface area is 141 Å². The van der Waals surface area contributed by atoms with Crippen molar-refractivity contribution < 1.29 is 9.53 Å². The molecule has 122 valence electrons. The van der Waals surface area contributed by atoms with Gasteiger partial charge in [0.1, 0.15) is 11.3 Å². The minimum atomic E-state index is -0.354. The zero-order chi connectivity index (χ0) is 16.7. The predicted octanol–water partition coefficient (Wildman–Crippen LogP) is 2.32. The molecule has 1 aromatic carbocycles. The number of methoxy groups -OCH3 is 1. The van der Waals surface area contributed by atoms with Crippen LogP contribution in [0.5, 0.6) is 5.75 Å². The Bertz CT molecular complexity index is 988. The molecule has 24 heavy (non-hydrogen) atoms. The Morgan fingerprint density at radius 2 is 2.25 bits per heavy atom. The predicted molar refractivity (Wildman–Crippen MR) is 91.8 cm³/mol. The van der Waals surface area contributed by atoms with Crippen molar-refractivity contribution in [1.82, 2.24) is 14.7 Å². The van der Waals surface area contributed by atoms with E-state index in [0.717, 1.165) is 18.4 Å². The molecule has 0 radical (unpaired) electrons. The van der Waals surface area contributed by atoms with Gasteiger partial charge in [-0.05, 0) is 25.0 Å². The van der Waals surface area contributed by atoms with E-state index in [1.807, 2.05) is 29.6 Å². The van der Waals surface area contributed by atoms with E-state index in [0.29, 0.717) is 16.4 Å². The molecule has 1 saturated carbocycles. The first-order chi connectivity index (χ1) is 11.7. The third kappa shape index (κ3) is 2.56. The minimum Gasteiger partial charge on any atom is -0.497 e. The van der Waals surface area contributed by atoms with Gasteiger partial charge >= 0.3 is 0 Å². The average Bonchev–Trinajstić information content (AvgIpc) is 3.30. The van der Waals surface area contributed by atoms with Crippen molar-refractivity contribution in [3.8, 4) is 17.0 Å². The highest BCUT2D eigenvalue weighted by Crippen LogP contribution is 2.27. The van der Waals surface area contributed by atoms with E-state index in [1.165, 1.54) is 21.9 Å². The van der Waals surface area contributed by atoms with Crippen LogP contribution in [-0.2, 0) is 0 Å². The molecule has 0 saturated heterocycles. The van der Waals surface area contributed by atoms with Crippen LogP contribution in [0.15, 0.2) is 40.6 Å². The number of hydrogen-bond donors (Lipinski definition) is 1. The quantitative estimate of drug-likeness (QED) is 0.790. The molecule has 6 nitrogen and oxygen atoms in total. The van der Waals surface area contributed by atoms with Gasteiger partial charge in [-0.25, -0.2) is 4.98 Å². The van der Waals surface area contributed by atoms with E-state index in [1.54, 1.807) is 7.11 Å². The largest absolute Gasteiger partial charge is 0.497 e. The molecule has 2 heterocycles. The zero-order valence-electron chi connectivity index (χ0n) is 13.0. The van der Waals surface area contributed by atoms with Crippen LogP contribution in [0, 0.1) is 0 Å². The van der Waals surface area contributed by atoms with Crippen LogP contribution in [0.4, 0.5) is 0 Å². The molecule has 4 rings (SSSR count). The van der Waals surface area contributed by atoms with Gasteiger partial charge in [-0.15, -0.1) is 11.3 Å². The summed E-state index contributed by atoms with van der Waals surface area (Å²) >= 11 is 1.36. The Morgan fingerprint density at radius 3 is 3.00 bits per heavy atom. The molecule has 0 unspecified atom stereocenters.